The number of anilines is 1. The van der Waals surface area contributed by atoms with Crippen LogP contribution in [-0.2, 0) is 16.1 Å². The van der Waals surface area contributed by atoms with Crippen LogP contribution in [0.25, 0.3) is 0 Å². The molecule has 10 heteroatoms. The zero-order chi connectivity index (χ0) is 28.5. The predicted octanol–water partition coefficient (Wildman–Crippen LogP) is 5.00. The number of hydrogen-bond acceptors (Lipinski definition) is 8. The highest BCUT2D eigenvalue weighted by Gasteiger charge is 2.53. The minimum atomic E-state index is -0.854. The lowest BCUT2D eigenvalue weighted by molar-refractivity contribution is -0.384. The topological polar surface area (TPSA) is 129 Å². The maximum atomic E-state index is 13.7. The van der Waals surface area contributed by atoms with Crippen molar-refractivity contribution in [2.75, 3.05) is 5.43 Å². The molecule has 4 rings (SSSR count). The van der Waals surface area contributed by atoms with Crippen LogP contribution < -0.4 is 5.43 Å². The summed E-state index contributed by atoms with van der Waals surface area (Å²) in [7, 11) is 0. The second kappa shape index (κ2) is 14.1. The minimum absolute atomic E-state index is 0.0520. The van der Waals surface area contributed by atoms with Crippen LogP contribution in [0.1, 0.15) is 70.3 Å². The lowest BCUT2D eigenvalue weighted by Crippen LogP contribution is -2.57. The van der Waals surface area contributed by atoms with Gasteiger partial charge in [0.05, 0.1) is 29.5 Å². The Morgan fingerprint density at radius 2 is 1.60 bits per heavy atom. The number of nitro groups is 1. The Kier molecular flexibility index (Phi) is 10.4. The number of nitrogens with one attached hydrogen (secondary N) is 1. The number of benzene rings is 1. The number of pyridine rings is 1. The van der Waals surface area contributed by atoms with E-state index in [-0.39, 0.29) is 24.0 Å². The highest BCUT2D eigenvalue weighted by Crippen LogP contribution is 2.35. The number of carbonyl (C=O) groups excluding carboxylic acids is 2. The molecule has 2 N–H and O–H groups in total. The quantitative estimate of drug-likeness (QED) is 0.104. The van der Waals surface area contributed by atoms with Gasteiger partial charge in [-0.3, -0.25) is 29.6 Å². The Morgan fingerprint density at radius 3 is 2.25 bits per heavy atom. The average Bonchev–Trinajstić information content (AvgIpc) is 3.20. The molecule has 1 aromatic heterocycles. The van der Waals surface area contributed by atoms with Crippen molar-refractivity contribution in [2.45, 2.75) is 89.4 Å². The van der Waals surface area contributed by atoms with E-state index in [1.165, 1.54) is 49.1 Å². The van der Waals surface area contributed by atoms with Gasteiger partial charge in [0, 0.05) is 30.2 Å². The summed E-state index contributed by atoms with van der Waals surface area (Å²) < 4.78 is 0. The molecule has 1 aromatic carbocycles. The van der Waals surface area contributed by atoms with Gasteiger partial charge in [0.2, 0.25) is 11.8 Å². The van der Waals surface area contributed by atoms with E-state index >= 15 is 0 Å². The van der Waals surface area contributed by atoms with Gasteiger partial charge in [0.1, 0.15) is 6.04 Å². The third-order valence-electron chi connectivity index (χ3n) is 7.72. The van der Waals surface area contributed by atoms with Crippen LogP contribution in [0, 0.1) is 16.0 Å². The number of likely N-dealkylation sites (tertiary alicyclic amines) is 1. The van der Waals surface area contributed by atoms with E-state index in [1.807, 2.05) is 0 Å². The van der Waals surface area contributed by atoms with E-state index in [0.717, 1.165) is 24.8 Å². The molecule has 10 nitrogen and oxygen atoms in total. The third kappa shape index (κ3) is 7.11. The van der Waals surface area contributed by atoms with Crippen molar-refractivity contribution in [3.63, 3.8) is 0 Å². The summed E-state index contributed by atoms with van der Waals surface area (Å²) in [5, 5.41) is 24.0. The number of carbonyl (C=O) groups is 2. The van der Waals surface area contributed by atoms with Gasteiger partial charge in [-0.25, -0.2) is 5.01 Å². The van der Waals surface area contributed by atoms with Crippen molar-refractivity contribution in [3.8, 4) is 0 Å². The van der Waals surface area contributed by atoms with Gasteiger partial charge in [-0.05, 0) is 36.2 Å². The van der Waals surface area contributed by atoms with Crippen molar-refractivity contribution in [3.05, 3.63) is 76.6 Å². The second-order valence-electron chi connectivity index (χ2n) is 10.6. The van der Waals surface area contributed by atoms with Gasteiger partial charge >= 0.3 is 0 Å². The summed E-state index contributed by atoms with van der Waals surface area (Å²) in [5.41, 5.74) is 4.47. The zero-order valence-corrected chi connectivity index (χ0v) is 23.0. The van der Waals surface area contributed by atoms with Gasteiger partial charge in [-0.1, -0.05) is 70.4 Å². The first kappa shape index (κ1) is 29.4. The number of amides is 2. The smallest absolute Gasteiger partial charge is 0.269 e. The van der Waals surface area contributed by atoms with Gasteiger partial charge in [0.15, 0.2) is 0 Å². The molecule has 4 atom stereocenters. The molecular formula is C30H39N5O5. The maximum Gasteiger partial charge on any atom is 0.269 e. The molecule has 1 fully saturated rings. The SMILES string of the molecule is CCCCCCCCCC[C@H](O)C1C=CC2C(=O)N(Cc3ccncc3)C(=O)[C@H]2N1Nc1ccc([N+](=O)[O-])cc1. The van der Waals surface area contributed by atoms with Crippen LogP contribution in [0.15, 0.2) is 60.9 Å². The normalized spacial score (nSPS) is 21.4. The molecule has 2 aliphatic rings. The average molecular weight is 550 g/mol. The van der Waals surface area contributed by atoms with Crippen LogP contribution in [0.2, 0.25) is 0 Å². The molecule has 2 unspecified atom stereocenters. The minimum Gasteiger partial charge on any atom is -0.391 e. The first-order valence-corrected chi connectivity index (χ1v) is 14.3. The Labute approximate surface area is 235 Å². The van der Waals surface area contributed by atoms with Crippen molar-refractivity contribution >= 4 is 23.2 Å². The number of aromatic nitrogens is 1. The van der Waals surface area contributed by atoms with Gasteiger partial charge in [-0.2, -0.15) is 0 Å². The van der Waals surface area contributed by atoms with E-state index in [9.17, 15) is 24.8 Å². The third-order valence-corrected chi connectivity index (χ3v) is 7.72. The number of nitrogens with zero attached hydrogens (tertiary/aromatic N) is 4. The van der Waals surface area contributed by atoms with Crippen LogP contribution >= 0.6 is 0 Å². The van der Waals surface area contributed by atoms with Crippen molar-refractivity contribution in [1.82, 2.24) is 14.9 Å². The van der Waals surface area contributed by atoms with E-state index in [2.05, 4.69) is 17.3 Å². The molecule has 0 aliphatic carbocycles. The molecule has 1 saturated heterocycles. The van der Waals surface area contributed by atoms with Crippen LogP contribution in [0.5, 0.6) is 0 Å². The van der Waals surface area contributed by atoms with Crippen molar-refractivity contribution < 1.29 is 19.6 Å². The molecule has 0 bridgehead atoms. The summed E-state index contributed by atoms with van der Waals surface area (Å²) in [6.45, 7) is 2.34. The van der Waals surface area contributed by atoms with E-state index in [0.29, 0.717) is 12.1 Å². The van der Waals surface area contributed by atoms with E-state index in [4.69, 9.17) is 0 Å². The molecule has 0 saturated carbocycles. The number of non-ortho nitro benzene ring substituents is 1. The van der Waals surface area contributed by atoms with Gasteiger partial charge in [-0.15, -0.1) is 0 Å². The molecule has 0 radical (unpaired) electrons. The molecule has 0 spiro atoms. The monoisotopic (exact) mass is 549 g/mol. The predicted molar refractivity (Wildman–Crippen MR) is 152 cm³/mol. The number of imide groups is 1. The number of rotatable bonds is 15. The number of aliphatic hydroxyl groups excluding tert-OH is 1. The van der Waals surface area contributed by atoms with Gasteiger partial charge in [0.25, 0.3) is 5.69 Å². The fourth-order valence-corrected chi connectivity index (χ4v) is 5.48. The highest BCUT2D eigenvalue weighted by molar-refractivity contribution is 6.08. The number of aliphatic hydroxyl groups is 1. The second-order valence-corrected chi connectivity index (χ2v) is 10.6. The highest BCUT2D eigenvalue weighted by atomic mass is 16.6. The number of unbranched alkanes of at least 4 members (excludes halogenated alkanes) is 7. The Balaban J connectivity index is 1.48. The summed E-state index contributed by atoms with van der Waals surface area (Å²) >= 11 is 0. The first-order valence-electron chi connectivity index (χ1n) is 14.3. The standard InChI is InChI=1S/C30H39N5O5/c1-2-3-4-5-6-7-8-9-10-27(36)26-16-15-25-28(34(26)32-23-11-13-24(14-12-23)35(39)40)30(38)33(29(25)37)21-22-17-19-31-20-18-22/h11-20,25-28,32,36H,2-10,21H2,1H3/t25?,26?,27-,28-/m0/s1. The molecule has 2 amide bonds. The van der Waals surface area contributed by atoms with Crippen LogP contribution in [-0.4, -0.2) is 54.9 Å². The number of hydrogen-bond donors (Lipinski definition) is 2. The molecule has 3 heterocycles. The number of hydrazine groups is 1. The lowest BCUT2D eigenvalue weighted by Gasteiger charge is -2.40. The molecule has 40 heavy (non-hydrogen) atoms. The van der Waals surface area contributed by atoms with Crippen LogP contribution in [0.4, 0.5) is 11.4 Å². The summed E-state index contributed by atoms with van der Waals surface area (Å²) in [6.07, 6.45) is 15.8. The summed E-state index contributed by atoms with van der Waals surface area (Å²) in [4.78, 5) is 42.9. The molecule has 214 valence electrons. The first-order chi connectivity index (χ1) is 19.4. The van der Waals surface area contributed by atoms with Crippen molar-refractivity contribution in [2.24, 2.45) is 5.92 Å². The fourth-order valence-electron chi connectivity index (χ4n) is 5.48. The molecule has 2 aliphatic heterocycles. The lowest BCUT2D eigenvalue weighted by atomic mass is 9.91. The van der Waals surface area contributed by atoms with Gasteiger partial charge < -0.3 is 10.5 Å². The molecular weight excluding hydrogens is 510 g/mol. The maximum absolute atomic E-state index is 13.7. The Bertz CT molecular complexity index is 1170. The van der Waals surface area contributed by atoms with E-state index < -0.39 is 29.0 Å². The zero-order valence-electron chi connectivity index (χ0n) is 23.0. The van der Waals surface area contributed by atoms with Crippen molar-refractivity contribution in [1.29, 1.82) is 0 Å². The molecule has 2 aromatic rings. The Hall–Kier alpha value is -3.63. The number of fused-ring (bicyclic) bond motifs is 1. The largest absolute Gasteiger partial charge is 0.391 e. The van der Waals surface area contributed by atoms with Crippen LogP contribution in [0.3, 0.4) is 0 Å². The fraction of sp³-hybridized carbons (Fsp3) is 0.500. The number of nitro benzene ring substituents is 1. The Morgan fingerprint density at radius 1 is 0.950 bits per heavy atom. The summed E-state index contributed by atoms with van der Waals surface area (Å²) in [5.74, 6) is -1.35. The summed E-state index contributed by atoms with van der Waals surface area (Å²) in [6, 6.07) is 7.99. The van der Waals surface area contributed by atoms with E-state index in [1.54, 1.807) is 53.8 Å².